The summed E-state index contributed by atoms with van der Waals surface area (Å²) in [6, 6.07) is 1.48. The number of likely N-dealkylation sites (N-methyl/N-ethyl adjacent to an activating group) is 2. The molecule has 1 heterocycles. The first kappa shape index (κ1) is 21.6. The van der Waals surface area contributed by atoms with Crippen molar-refractivity contribution in [2.45, 2.75) is 52.2 Å². The highest BCUT2D eigenvalue weighted by molar-refractivity contribution is 7.07. The third-order valence-corrected chi connectivity index (χ3v) is 4.86. The first-order valence-electron chi connectivity index (χ1n) is 8.88. The topological polar surface area (TPSA) is 82.3 Å². The van der Waals surface area contributed by atoms with Crippen LogP contribution in [0.25, 0.3) is 0 Å². The summed E-state index contributed by atoms with van der Waals surface area (Å²) in [6.45, 7) is 8.77. The minimum absolute atomic E-state index is 0.0337. The Kier molecular flexibility index (Phi) is 9.70. The maximum Gasteiger partial charge on any atom is 0.242 e. The molecule has 7 heteroatoms. The second kappa shape index (κ2) is 11.2. The van der Waals surface area contributed by atoms with Gasteiger partial charge in [-0.25, -0.2) is 0 Å². The molecule has 0 bridgehead atoms. The van der Waals surface area contributed by atoms with E-state index in [-0.39, 0.29) is 29.8 Å². The molecular weight excluding hydrogens is 336 g/mol. The number of hydrogen-bond donors (Lipinski definition) is 4. The molecule has 0 saturated carbocycles. The molecule has 1 rings (SSSR count). The van der Waals surface area contributed by atoms with E-state index in [0.717, 1.165) is 6.42 Å². The fourth-order valence-corrected chi connectivity index (χ4v) is 3.16. The van der Waals surface area contributed by atoms with Crippen LogP contribution in [0.1, 0.15) is 33.3 Å². The van der Waals surface area contributed by atoms with Gasteiger partial charge in [-0.1, -0.05) is 13.8 Å². The number of hydrogen-bond acceptors (Lipinski definition) is 5. The Bertz CT molecular complexity index is 519. The van der Waals surface area contributed by atoms with Gasteiger partial charge in [0.05, 0.1) is 6.04 Å². The minimum atomic E-state index is -0.511. The second-order valence-electron chi connectivity index (χ2n) is 6.58. The molecule has 0 aliphatic rings. The van der Waals surface area contributed by atoms with Crippen LogP contribution in [0.5, 0.6) is 0 Å². The van der Waals surface area contributed by atoms with E-state index in [0.29, 0.717) is 13.1 Å². The van der Waals surface area contributed by atoms with Crippen molar-refractivity contribution in [2.75, 3.05) is 20.1 Å². The van der Waals surface area contributed by atoms with Crippen LogP contribution in [-0.2, 0) is 16.0 Å². The fourth-order valence-electron chi connectivity index (χ4n) is 2.48. The largest absolute Gasteiger partial charge is 0.355 e. The van der Waals surface area contributed by atoms with Crippen LogP contribution >= 0.6 is 11.3 Å². The third kappa shape index (κ3) is 7.54. The molecule has 4 N–H and O–H groups in total. The number of carbonyl (C=O) groups is 2. The molecule has 0 spiro atoms. The molecular formula is C18H32N4O2S. The number of thiophene rings is 1. The van der Waals surface area contributed by atoms with E-state index in [2.05, 4.69) is 38.1 Å². The number of nitrogens with one attached hydrogen (secondary N) is 4. The van der Waals surface area contributed by atoms with E-state index in [1.165, 1.54) is 5.56 Å². The zero-order chi connectivity index (χ0) is 18.8. The van der Waals surface area contributed by atoms with Crippen LogP contribution in [0.2, 0.25) is 0 Å². The zero-order valence-corrected chi connectivity index (χ0v) is 16.7. The SMILES string of the molecule is CCNC(=O)[C@@H](NC(=O)[C@H](C)NC[C@H](Cc1ccsc1)NC)C(C)C. The van der Waals surface area contributed by atoms with Gasteiger partial charge in [-0.3, -0.25) is 9.59 Å². The molecule has 2 amide bonds. The summed E-state index contributed by atoms with van der Waals surface area (Å²) in [4.78, 5) is 24.5. The highest BCUT2D eigenvalue weighted by atomic mass is 32.1. The Balaban J connectivity index is 2.49. The van der Waals surface area contributed by atoms with E-state index in [4.69, 9.17) is 0 Å². The lowest BCUT2D eigenvalue weighted by Gasteiger charge is -2.25. The van der Waals surface area contributed by atoms with Crippen molar-refractivity contribution >= 4 is 23.2 Å². The van der Waals surface area contributed by atoms with Crippen LogP contribution in [0, 0.1) is 5.92 Å². The Morgan fingerprint density at radius 1 is 1.20 bits per heavy atom. The predicted octanol–water partition coefficient (Wildman–Crippen LogP) is 1.13. The first-order chi connectivity index (χ1) is 11.9. The van der Waals surface area contributed by atoms with Crippen molar-refractivity contribution in [3.63, 3.8) is 0 Å². The fraction of sp³-hybridized carbons (Fsp3) is 0.667. The van der Waals surface area contributed by atoms with Crippen molar-refractivity contribution in [1.82, 2.24) is 21.3 Å². The quantitative estimate of drug-likeness (QED) is 0.472. The van der Waals surface area contributed by atoms with Gasteiger partial charge in [0.2, 0.25) is 11.8 Å². The molecule has 142 valence electrons. The maximum absolute atomic E-state index is 12.4. The Morgan fingerprint density at radius 3 is 2.44 bits per heavy atom. The summed E-state index contributed by atoms with van der Waals surface area (Å²) >= 11 is 1.69. The molecule has 0 aliphatic heterocycles. The molecule has 0 aliphatic carbocycles. The van der Waals surface area contributed by atoms with E-state index in [1.54, 1.807) is 11.3 Å². The lowest BCUT2D eigenvalue weighted by Crippen LogP contribution is -2.55. The van der Waals surface area contributed by atoms with Gasteiger partial charge in [0.25, 0.3) is 0 Å². The van der Waals surface area contributed by atoms with E-state index in [9.17, 15) is 9.59 Å². The number of rotatable bonds is 11. The van der Waals surface area contributed by atoms with Crippen molar-refractivity contribution < 1.29 is 9.59 Å². The number of amides is 2. The third-order valence-electron chi connectivity index (χ3n) is 4.13. The van der Waals surface area contributed by atoms with Gasteiger partial charge in [-0.2, -0.15) is 11.3 Å². The van der Waals surface area contributed by atoms with Gasteiger partial charge in [0.15, 0.2) is 0 Å². The Hall–Kier alpha value is -1.44. The second-order valence-corrected chi connectivity index (χ2v) is 7.36. The smallest absolute Gasteiger partial charge is 0.242 e. The van der Waals surface area contributed by atoms with Gasteiger partial charge in [-0.05, 0) is 55.6 Å². The summed E-state index contributed by atoms with van der Waals surface area (Å²) in [6.07, 6.45) is 0.912. The maximum atomic E-state index is 12.4. The summed E-state index contributed by atoms with van der Waals surface area (Å²) in [7, 11) is 1.92. The standard InChI is InChI=1S/C18H32N4O2S/c1-6-20-18(24)16(12(2)3)22-17(23)13(4)21-10-15(19-5)9-14-7-8-25-11-14/h7-8,11-13,15-16,19,21H,6,9-10H2,1-5H3,(H,20,24)(H,22,23)/t13-,15-,16-/m0/s1. The molecule has 0 saturated heterocycles. The van der Waals surface area contributed by atoms with E-state index >= 15 is 0 Å². The van der Waals surface area contributed by atoms with Crippen LogP contribution < -0.4 is 21.3 Å². The average Bonchev–Trinajstić information content (AvgIpc) is 3.08. The van der Waals surface area contributed by atoms with Crippen LogP contribution in [0.3, 0.4) is 0 Å². The molecule has 1 aromatic rings. The first-order valence-corrected chi connectivity index (χ1v) is 9.83. The monoisotopic (exact) mass is 368 g/mol. The minimum Gasteiger partial charge on any atom is -0.355 e. The molecule has 0 fully saturated rings. The van der Waals surface area contributed by atoms with Crippen molar-refractivity contribution in [3.8, 4) is 0 Å². The molecule has 3 atom stereocenters. The highest BCUT2D eigenvalue weighted by Crippen LogP contribution is 2.08. The summed E-state index contributed by atoms with van der Waals surface area (Å²) in [5.74, 6) is -0.259. The van der Waals surface area contributed by atoms with Crippen molar-refractivity contribution in [2.24, 2.45) is 5.92 Å². The van der Waals surface area contributed by atoms with Crippen LogP contribution in [0.4, 0.5) is 0 Å². The molecule has 0 radical (unpaired) electrons. The molecule has 6 nitrogen and oxygen atoms in total. The van der Waals surface area contributed by atoms with Gasteiger partial charge in [0.1, 0.15) is 6.04 Å². The van der Waals surface area contributed by atoms with Gasteiger partial charge in [-0.15, -0.1) is 0 Å². The van der Waals surface area contributed by atoms with Crippen molar-refractivity contribution in [3.05, 3.63) is 22.4 Å². The van der Waals surface area contributed by atoms with E-state index < -0.39 is 6.04 Å². The van der Waals surface area contributed by atoms with Gasteiger partial charge >= 0.3 is 0 Å². The number of carbonyl (C=O) groups excluding carboxylic acids is 2. The predicted molar refractivity (Wildman–Crippen MR) is 104 cm³/mol. The average molecular weight is 369 g/mol. The Labute approximate surface area is 155 Å². The van der Waals surface area contributed by atoms with Crippen molar-refractivity contribution in [1.29, 1.82) is 0 Å². The molecule has 25 heavy (non-hydrogen) atoms. The molecule has 0 aromatic carbocycles. The molecule has 0 unspecified atom stereocenters. The lowest BCUT2D eigenvalue weighted by atomic mass is 10.0. The summed E-state index contributed by atoms with van der Waals surface area (Å²) in [5.41, 5.74) is 1.29. The van der Waals surface area contributed by atoms with Gasteiger partial charge in [0, 0.05) is 19.1 Å². The van der Waals surface area contributed by atoms with E-state index in [1.807, 2.05) is 34.7 Å². The van der Waals surface area contributed by atoms with Crippen LogP contribution in [-0.4, -0.2) is 50.1 Å². The summed E-state index contributed by atoms with van der Waals surface area (Å²) in [5, 5.41) is 16.4. The van der Waals surface area contributed by atoms with Gasteiger partial charge < -0.3 is 21.3 Å². The zero-order valence-electron chi connectivity index (χ0n) is 15.9. The Morgan fingerprint density at radius 2 is 1.92 bits per heavy atom. The van der Waals surface area contributed by atoms with Crippen LogP contribution in [0.15, 0.2) is 16.8 Å². The highest BCUT2D eigenvalue weighted by Gasteiger charge is 2.25. The normalized spacial score (nSPS) is 14.8. The lowest BCUT2D eigenvalue weighted by molar-refractivity contribution is -0.130. The summed E-state index contributed by atoms with van der Waals surface area (Å²) < 4.78 is 0. The molecule has 1 aromatic heterocycles.